The molecule has 1 heterocycles. The molecule has 0 N–H and O–H groups in total. The lowest BCUT2D eigenvalue weighted by Gasteiger charge is -2.14. The van der Waals surface area contributed by atoms with Crippen molar-refractivity contribution in [3.05, 3.63) is 28.0 Å². The SMILES string of the molecule is CN(CCCCCBr)C(=O)c1ccc([N+](=O)[O-])o1. The highest BCUT2D eigenvalue weighted by Crippen LogP contribution is 2.17. The molecule has 1 amide bonds. The van der Waals surface area contributed by atoms with Crippen LogP contribution in [-0.2, 0) is 0 Å². The first-order valence-corrected chi connectivity index (χ1v) is 6.74. The van der Waals surface area contributed by atoms with Gasteiger partial charge < -0.3 is 9.32 Å². The van der Waals surface area contributed by atoms with Crippen LogP contribution in [0.4, 0.5) is 5.88 Å². The Morgan fingerprint density at radius 3 is 2.72 bits per heavy atom. The van der Waals surface area contributed by atoms with Crippen molar-refractivity contribution in [2.45, 2.75) is 19.3 Å². The molecule has 0 aromatic carbocycles. The van der Waals surface area contributed by atoms with Gasteiger partial charge in [-0.3, -0.25) is 14.9 Å². The predicted octanol–water partition coefficient (Wildman–Crippen LogP) is 2.83. The lowest BCUT2D eigenvalue weighted by Crippen LogP contribution is -2.27. The standard InChI is InChI=1S/C11H15BrN2O4/c1-13(8-4-2-3-7-12)11(15)9-5-6-10(18-9)14(16)17/h5-6H,2-4,7-8H2,1H3. The molecule has 7 heteroatoms. The van der Waals surface area contributed by atoms with Crippen molar-refractivity contribution in [2.75, 3.05) is 18.9 Å². The van der Waals surface area contributed by atoms with Crippen molar-refractivity contribution < 1.29 is 14.1 Å². The molecule has 0 aliphatic rings. The van der Waals surface area contributed by atoms with Gasteiger partial charge in [0.05, 0.1) is 6.07 Å². The van der Waals surface area contributed by atoms with Crippen molar-refractivity contribution >= 4 is 27.7 Å². The van der Waals surface area contributed by atoms with Crippen LogP contribution in [0.5, 0.6) is 0 Å². The molecule has 0 saturated heterocycles. The van der Waals surface area contributed by atoms with E-state index in [0.29, 0.717) is 6.54 Å². The number of halogens is 1. The highest BCUT2D eigenvalue weighted by atomic mass is 79.9. The van der Waals surface area contributed by atoms with E-state index in [9.17, 15) is 14.9 Å². The summed E-state index contributed by atoms with van der Waals surface area (Å²) < 4.78 is 4.86. The minimum Gasteiger partial charge on any atom is -0.395 e. The number of rotatable bonds is 7. The van der Waals surface area contributed by atoms with Gasteiger partial charge in [-0.15, -0.1) is 0 Å². The number of unbranched alkanes of at least 4 members (excludes halogenated alkanes) is 2. The van der Waals surface area contributed by atoms with Gasteiger partial charge in [0.25, 0.3) is 5.91 Å². The van der Waals surface area contributed by atoms with Crippen LogP contribution in [0.3, 0.4) is 0 Å². The molecule has 0 bridgehead atoms. The number of furan rings is 1. The summed E-state index contributed by atoms with van der Waals surface area (Å²) in [6.45, 7) is 0.611. The number of hydrogen-bond donors (Lipinski definition) is 0. The Kier molecular flexibility index (Phi) is 5.84. The Morgan fingerprint density at radius 2 is 2.17 bits per heavy atom. The lowest BCUT2D eigenvalue weighted by molar-refractivity contribution is -0.402. The van der Waals surface area contributed by atoms with E-state index in [4.69, 9.17) is 4.42 Å². The van der Waals surface area contributed by atoms with Crippen molar-refractivity contribution in [1.29, 1.82) is 0 Å². The van der Waals surface area contributed by atoms with Crippen molar-refractivity contribution in [2.24, 2.45) is 0 Å². The molecule has 0 atom stereocenters. The van der Waals surface area contributed by atoms with Crippen LogP contribution in [0.25, 0.3) is 0 Å². The summed E-state index contributed by atoms with van der Waals surface area (Å²) in [5.41, 5.74) is 0. The van der Waals surface area contributed by atoms with Gasteiger partial charge in [-0.05, 0) is 18.9 Å². The van der Waals surface area contributed by atoms with Crippen LogP contribution in [-0.4, -0.2) is 34.7 Å². The zero-order valence-electron chi connectivity index (χ0n) is 10.1. The number of amides is 1. The van der Waals surface area contributed by atoms with Gasteiger partial charge in [-0.25, -0.2) is 0 Å². The molecular formula is C11H15BrN2O4. The maximum absolute atomic E-state index is 11.8. The molecule has 100 valence electrons. The fourth-order valence-electron chi connectivity index (χ4n) is 1.45. The Morgan fingerprint density at radius 1 is 1.44 bits per heavy atom. The van der Waals surface area contributed by atoms with E-state index in [1.165, 1.54) is 17.0 Å². The van der Waals surface area contributed by atoms with E-state index in [1.54, 1.807) is 7.05 Å². The molecule has 18 heavy (non-hydrogen) atoms. The topological polar surface area (TPSA) is 76.6 Å². The molecule has 0 saturated carbocycles. The fourth-order valence-corrected chi connectivity index (χ4v) is 1.85. The zero-order chi connectivity index (χ0) is 13.5. The van der Waals surface area contributed by atoms with E-state index in [0.717, 1.165) is 24.6 Å². The first kappa shape index (κ1) is 14.7. The van der Waals surface area contributed by atoms with Crippen molar-refractivity contribution in [1.82, 2.24) is 4.90 Å². The first-order chi connectivity index (χ1) is 8.56. The molecule has 6 nitrogen and oxygen atoms in total. The number of hydrogen-bond acceptors (Lipinski definition) is 4. The van der Waals surface area contributed by atoms with E-state index in [-0.39, 0.29) is 11.7 Å². The third-order valence-electron chi connectivity index (χ3n) is 2.46. The van der Waals surface area contributed by atoms with Gasteiger partial charge >= 0.3 is 5.88 Å². The van der Waals surface area contributed by atoms with Crippen LogP contribution in [0.2, 0.25) is 0 Å². The lowest BCUT2D eigenvalue weighted by atomic mass is 10.2. The molecule has 0 spiro atoms. The summed E-state index contributed by atoms with van der Waals surface area (Å²) in [6.07, 6.45) is 2.99. The second-order valence-corrected chi connectivity index (χ2v) is 4.66. The molecule has 1 rings (SSSR count). The smallest absolute Gasteiger partial charge is 0.395 e. The predicted molar refractivity (Wildman–Crippen MR) is 70.0 cm³/mol. The van der Waals surface area contributed by atoms with Crippen molar-refractivity contribution in [3.8, 4) is 0 Å². The summed E-state index contributed by atoms with van der Waals surface area (Å²) in [7, 11) is 1.66. The second kappa shape index (κ2) is 7.15. The van der Waals surface area contributed by atoms with Crippen LogP contribution < -0.4 is 0 Å². The molecule has 0 aliphatic heterocycles. The second-order valence-electron chi connectivity index (χ2n) is 3.87. The molecular weight excluding hydrogens is 304 g/mol. The third-order valence-corrected chi connectivity index (χ3v) is 3.02. The Hall–Kier alpha value is -1.37. The summed E-state index contributed by atoms with van der Waals surface area (Å²) in [5.74, 6) is -0.738. The average molecular weight is 319 g/mol. The van der Waals surface area contributed by atoms with Gasteiger partial charge in [0.15, 0.2) is 5.76 Å². The minimum atomic E-state index is -0.660. The maximum atomic E-state index is 11.8. The van der Waals surface area contributed by atoms with Crippen molar-refractivity contribution in [3.63, 3.8) is 0 Å². The molecule has 0 fully saturated rings. The highest BCUT2D eigenvalue weighted by molar-refractivity contribution is 9.09. The fraction of sp³-hybridized carbons (Fsp3) is 0.545. The van der Waals surface area contributed by atoms with E-state index in [2.05, 4.69) is 15.9 Å². The Balaban J connectivity index is 2.49. The number of carbonyl (C=O) groups is 1. The number of alkyl halides is 1. The van der Waals surface area contributed by atoms with Crippen LogP contribution in [0, 0.1) is 10.1 Å². The molecule has 0 aliphatic carbocycles. The summed E-state index contributed by atoms with van der Waals surface area (Å²) in [6, 6.07) is 2.52. The quantitative estimate of drug-likeness (QED) is 0.335. The number of nitrogens with zero attached hydrogens (tertiary/aromatic N) is 2. The van der Waals surface area contributed by atoms with Gasteiger partial charge in [-0.1, -0.05) is 22.4 Å². The van der Waals surface area contributed by atoms with Crippen LogP contribution >= 0.6 is 15.9 Å². The molecule has 1 aromatic rings. The van der Waals surface area contributed by atoms with E-state index in [1.807, 2.05) is 0 Å². The average Bonchev–Trinajstić information content (AvgIpc) is 2.83. The molecule has 0 radical (unpaired) electrons. The van der Waals surface area contributed by atoms with Gasteiger partial charge in [0.1, 0.15) is 4.92 Å². The normalized spacial score (nSPS) is 10.3. The number of carbonyl (C=O) groups excluding carboxylic acids is 1. The minimum absolute atomic E-state index is 0.00434. The van der Waals surface area contributed by atoms with Gasteiger partial charge in [-0.2, -0.15) is 0 Å². The first-order valence-electron chi connectivity index (χ1n) is 5.62. The maximum Gasteiger partial charge on any atom is 0.433 e. The zero-order valence-corrected chi connectivity index (χ0v) is 11.7. The third kappa shape index (κ3) is 4.14. The monoisotopic (exact) mass is 318 g/mol. The van der Waals surface area contributed by atoms with Crippen LogP contribution in [0.15, 0.2) is 16.5 Å². The van der Waals surface area contributed by atoms with Crippen LogP contribution in [0.1, 0.15) is 29.8 Å². The summed E-state index contributed by atoms with van der Waals surface area (Å²) in [5, 5.41) is 11.4. The summed E-state index contributed by atoms with van der Waals surface area (Å²) in [4.78, 5) is 23.1. The Labute approximate surface area is 113 Å². The van der Waals surface area contributed by atoms with Gasteiger partial charge in [0.2, 0.25) is 0 Å². The highest BCUT2D eigenvalue weighted by Gasteiger charge is 2.19. The van der Waals surface area contributed by atoms with E-state index < -0.39 is 10.8 Å². The number of nitro groups is 1. The van der Waals surface area contributed by atoms with E-state index >= 15 is 0 Å². The largest absolute Gasteiger partial charge is 0.433 e. The molecule has 1 aromatic heterocycles. The molecule has 0 unspecified atom stereocenters. The Bertz CT molecular complexity index is 419. The summed E-state index contributed by atoms with van der Waals surface area (Å²) >= 11 is 3.34. The van der Waals surface area contributed by atoms with Gasteiger partial charge in [0, 0.05) is 18.9 Å².